The van der Waals surface area contributed by atoms with Gasteiger partial charge in [-0.25, -0.2) is 4.98 Å². The predicted octanol–water partition coefficient (Wildman–Crippen LogP) is 4.53. The van der Waals surface area contributed by atoms with Crippen LogP contribution >= 0.6 is 0 Å². The summed E-state index contributed by atoms with van der Waals surface area (Å²) in [5, 5.41) is 0. The molecule has 0 radical (unpaired) electrons. The van der Waals surface area contributed by atoms with Gasteiger partial charge in [-0.15, -0.1) is 0 Å². The van der Waals surface area contributed by atoms with E-state index in [2.05, 4.69) is 4.98 Å². The second-order valence-electron chi connectivity index (χ2n) is 7.44. The molecular weight excluding hydrogens is 368 g/mol. The standard InChI is InChI=1S/C23H26N2O4/c1-25(12-11-18-7-3-4-13-28-18)23(26)17-9-10-20-21(15-17)29-22(24-20)16-6-5-8-19(14-16)27-2/h5-6,8-10,14-15,18H,3-4,7,11-13H2,1-2H3/t18-/m0/s1. The summed E-state index contributed by atoms with van der Waals surface area (Å²) in [6, 6.07) is 12.9. The fourth-order valence-electron chi connectivity index (χ4n) is 3.63. The lowest BCUT2D eigenvalue weighted by molar-refractivity contribution is 0.00709. The van der Waals surface area contributed by atoms with Gasteiger partial charge in [-0.1, -0.05) is 6.07 Å². The van der Waals surface area contributed by atoms with Gasteiger partial charge in [-0.05, 0) is 62.1 Å². The van der Waals surface area contributed by atoms with Gasteiger partial charge in [-0.2, -0.15) is 0 Å². The van der Waals surface area contributed by atoms with Crippen LogP contribution < -0.4 is 4.74 Å². The maximum absolute atomic E-state index is 12.8. The van der Waals surface area contributed by atoms with Gasteiger partial charge in [0.25, 0.3) is 5.91 Å². The first kappa shape index (κ1) is 19.5. The van der Waals surface area contributed by atoms with Gasteiger partial charge in [0.05, 0.1) is 13.2 Å². The van der Waals surface area contributed by atoms with Crippen LogP contribution in [0.15, 0.2) is 46.9 Å². The third-order valence-electron chi connectivity index (χ3n) is 5.36. The predicted molar refractivity (Wildman–Crippen MR) is 111 cm³/mol. The second-order valence-corrected chi connectivity index (χ2v) is 7.44. The molecule has 3 aromatic rings. The van der Waals surface area contributed by atoms with Crippen LogP contribution in [0.1, 0.15) is 36.0 Å². The molecule has 1 saturated heterocycles. The van der Waals surface area contributed by atoms with E-state index >= 15 is 0 Å². The lowest BCUT2D eigenvalue weighted by atomic mass is 10.1. The molecule has 0 saturated carbocycles. The van der Waals surface area contributed by atoms with Gasteiger partial charge in [0.2, 0.25) is 5.89 Å². The molecule has 1 aliphatic rings. The molecule has 0 unspecified atom stereocenters. The number of carbonyl (C=O) groups is 1. The molecule has 0 bridgehead atoms. The van der Waals surface area contributed by atoms with Gasteiger partial charge in [0.15, 0.2) is 5.58 Å². The smallest absolute Gasteiger partial charge is 0.253 e. The highest BCUT2D eigenvalue weighted by atomic mass is 16.5. The van der Waals surface area contributed by atoms with Gasteiger partial charge in [-0.3, -0.25) is 4.79 Å². The summed E-state index contributed by atoms with van der Waals surface area (Å²) in [6.45, 7) is 1.51. The average molecular weight is 394 g/mol. The number of fused-ring (bicyclic) bond motifs is 1. The lowest BCUT2D eigenvalue weighted by Crippen LogP contribution is -2.31. The molecule has 2 aromatic carbocycles. The highest BCUT2D eigenvalue weighted by Gasteiger charge is 2.18. The second kappa shape index (κ2) is 8.66. The molecule has 6 nitrogen and oxygen atoms in total. The molecule has 0 spiro atoms. The molecule has 1 aliphatic heterocycles. The van der Waals surface area contributed by atoms with Gasteiger partial charge in [0.1, 0.15) is 11.3 Å². The Morgan fingerprint density at radius 2 is 2.14 bits per heavy atom. The molecule has 1 fully saturated rings. The monoisotopic (exact) mass is 394 g/mol. The Balaban J connectivity index is 1.48. The summed E-state index contributed by atoms with van der Waals surface area (Å²) in [5.74, 6) is 1.22. The topological polar surface area (TPSA) is 64.8 Å². The molecule has 2 heterocycles. The number of hydrogen-bond donors (Lipinski definition) is 0. The molecule has 0 aliphatic carbocycles. The van der Waals surface area contributed by atoms with E-state index in [4.69, 9.17) is 13.9 Å². The Morgan fingerprint density at radius 3 is 2.93 bits per heavy atom. The number of amides is 1. The Hall–Kier alpha value is -2.86. The zero-order valence-electron chi connectivity index (χ0n) is 16.9. The molecule has 6 heteroatoms. The summed E-state index contributed by atoms with van der Waals surface area (Å²) in [7, 11) is 3.46. The minimum Gasteiger partial charge on any atom is -0.497 e. The fourth-order valence-corrected chi connectivity index (χ4v) is 3.63. The highest BCUT2D eigenvalue weighted by molar-refractivity contribution is 5.97. The van der Waals surface area contributed by atoms with Crippen LogP contribution in [-0.2, 0) is 4.74 Å². The van der Waals surface area contributed by atoms with E-state index in [1.807, 2.05) is 37.4 Å². The van der Waals surface area contributed by atoms with E-state index < -0.39 is 0 Å². The molecular formula is C23H26N2O4. The number of carbonyl (C=O) groups excluding carboxylic acids is 1. The number of ether oxygens (including phenoxy) is 2. The molecule has 29 heavy (non-hydrogen) atoms. The maximum atomic E-state index is 12.8. The number of aromatic nitrogens is 1. The normalized spacial score (nSPS) is 16.7. The van der Waals surface area contributed by atoms with Crippen molar-refractivity contribution >= 4 is 17.0 Å². The Morgan fingerprint density at radius 1 is 1.24 bits per heavy atom. The first-order chi connectivity index (χ1) is 14.1. The average Bonchev–Trinajstić information content (AvgIpc) is 3.21. The third-order valence-corrected chi connectivity index (χ3v) is 5.36. The number of benzene rings is 2. The van der Waals surface area contributed by atoms with Crippen LogP contribution in [-0.4, -0.2) is 49.2 Å². The summed E-state index contributed by atoms with van der Waals surface area (Å²) in [5.41, 5.74) is 2.74. The first-order valence-corrected chi connectivity index (χ1v) is 10.1. The highest BCUT2D eigenvalue weighted by Crippen LogP contribution is 2.27. The van der Waals surface area contributed by atoms with Crippen molar-refractivity contribution < 1.29 is 18.7 Å². The fraction of sp³-hybridized carbons (Fsp3) is 0.391. The van der Waals surface area contributed by atoms with E-state index in [0.29, 0.717) is 23.6 Å². The van der Waals surface area contributed by atoms with Gasteiger partial charge in [0, 0.05) is 31.3 Å². The van der Waals surface area contributed by atoms with Crippen molar-refractivity contribution in [2.75, 3.05) is 27.3 Å². The number of hydrogen-bond acceptors (Lipinski definition) is 5. The van der Waals surface area contributed by atoms with Gasteiger partial charge < -0.3 is 18.8 Å². The van der Waals surface area contributed by atoms with Crippen LogP contribution in [0.3, 0.4) is 0 Å². The lowest BCUT2D eigenvalue weighted by Gasteiger charge is -2.25. The van der Waals surface area contributed by atoms with E-state index in [-0.39, 0.29) is 12.0 Å². The quantitative estimate of drug-likeness (QED) is 0.614. The molecule has 1 atom stereocenters. The van der Waals surface area contributed by atoms with Crippen LogP contribution in [0.4, 0.5) is 0 Å². The molecule has 4 rings (SSSR count). The maximum Gasteiger partial charge on any atom is 0.253 e. The third kappa shape index (κ3) is 4.43. The minimum absolute atomic E-state index is 0.0259. The largest absolute Gasteiger partial charge is 0.497 e. The minimum atomic E-state index is -0.0259. The van der Waals surface area contributed by atoms with Crippen LogP contribution in [0.25, 0.3) is 22.6 Å². The Kier molecular flexibility index (Phi) is 5.81. The van der Waals surface area contributed by atoms with Crippen LogP contribution in [0.5, 0.6) is 5.75 Å². The molecule has 0 N–H and O–H groups in total. The first-order valence-electron chi connectivity index (χ1n) is 10.1. The molecule has 1 aromatic heterocycles. The van der Waals surface area contributed by atoms with E-state index in [9.17, 15) is 4.79 Å². The van der Waals surface area contributed by atoms with Crippen molar-refractivity contribution in [3.05, 3.63) is 48.0 Å². The summed E-state index contributed by atoms with van der Waals surface area (Å²) in [4.78, 5) is 19.1. The van der Waals surface area contributed by atoms with Crippen molar-refractivity contribution in [3.63, 3.8) is 0 Å². The zero-order chi connectivity index (χ0) is 20.2. The summed E-state index contributed by atoms with van der Waals surface area (Å²) in [6.07, 6.45) is 4.56. The zero-order valence-corrected chi connectivity index (χ0v) is 16.9. The molecule has 152 valence electrons. The van der Waals surface area contributed by atoms with E-state index in [0.717, 1.165) is 42.7 Å². The van der Waals surface area contributed by atoms with Crippen LogP contribution in [0.2, 0.25) is 0 Å². The Labute approximate surface area is 170 Å². The van der Waals surface area contributed by atoms with Crippen molar-refractivity contribution in [1.82, 2.24) is 9.88 Å². The van der Waals surface area contributed by atoms with E-state index in [1.54, 1.807) is 24.1 Å². The number of oxazole rings is 1. The Bertz CT molecular complexity index is 991. The number of nitrogens with zero attached hydrogens (tertiary/aromatic N) is 2. The summed E-state index contributed by atoms with van der Waals surface area (Å²) >= 11 is 0. The van der Waals surface area contributed by atoms with Gasteiger partial charge >= 0.3 is 0 Å². The number of methoxy groups -OCH3 is 1. The van der Waals surface area contributed by atoms with E-state index in [1.165, 1.54) is 6.42 Å². The number of rotatable bonds is 6. The van der Waals surface area contributed by atoms with Crippen LogP contribution in [0, 0.1) is 0 Å². The van der Waals surface area contributed by atoms with Crippen molar-refractivity contribution in [3.8, 4) is 17.2 Å². The SMILES string of the molecule is COc1cccc(-c2nc3ccc(C(=O)N(C)CC[C@@H]4CCCCO4)cc3o2)c1. The molecule has 1 amide bonds. The summed E-state index contributed by atoms with van der Waals surface area (Å²) < 4.78 is 16.9. The van der Waals surface area contributed by atoms with Crippen molar-refractivity contribution in [1.29, 1.82) is 0 Å². The van der Waals surface area contributed by atoms with Crippen molar-refractivity contribution in [2.45, 2.75) is 31.8 Å². The van der Waals surface area contributed by atoms with Crippen molar-refractivity contribution in [2.24, 2.45) is 0 Å².